The quantitative estimate of drug-likeness (QED) is 0.865. The number of aromatic nitrogens is 2. The molecule has 112 valence electrons. The zero-order chi connectivity index (χ0) is 14.4. The third kappa shape index (κ3) is 3.39. The minimum Gasteiger partial charge on any atom is -0.478 e. The van der Waals surface area contributed by atoms with Crippen LogP contribution in [0.3, 0.4) is 0 Å². The van der Waals surface area contributed by atoms with E-state index in [0.717, 1.165) is 17.9 Å². The van der Waals surface area contributed by atoms with Crippen molar-refractivity contribution in [3.8, 4) is 5.88 Å². The number of anilines is 1. The zero-order valence-electron chi connectivity index (χ0n) is 12.6. The molecule has 5 heteroatoms. The van der Waals surface area contributed by atoms with Gasteiger partial charge in [0.2, 0.25) is 5.88 Å². The molecule has 1 aromatic rings. The summed E-state index contributed by atoms with van der Waals surface area (Å²) in [5, 5.41) is 0. The molecule has 2 N–H and O–H groups in total. The van der Waals surface area contributed by atoms with Crippen molar-refractivity contribution in [3.05, 3.63) is 11.9 Å². The molecule has 2 rings (SSSR count). The first kappa shape index (κ1) is 15.0. The SMILES string of the molecule is CCOc1ncnc(N(CCN)C2CCCCC2)c1C. The molecule has 0 aromatic carbocycles. The Balaban J connectivity index is 2.25. The number of nitrogens with two attached hydrogens (primary N) is 1. The van der Waals surface area contributed by atoms with Crippen molar-refractivity contribution in [1.29, 1.82) is 0 Å². The van der Waals surface area contributed by atoms with Crippen molar-refractivity contribution in [3.63, 3.8) is 0 Å². The van der Waals surface area contributed by atoms with Crippen LogP contribution in [0, 0.1) is 6.92 Å². The lowest BCUT2D eigenvalue weighted by Gasteiger charge is -2.35. The van der Waals surface area contributed by atoms with Crippen LogP contribution in [0.5, 0.6) is 5.88 Å². The van der Waals surface area contributed by atoms with Crippen molar-refractivity contribution in [2.75, 3.05) is 24.6 Å². The molecule has 0 spiro atoms. The Labute approximate surface area is 121 Å². The molecule has 1 heterocycles. The highest BCUT2D eigenvalue weighted by Crippen LogP contribution is 2.30. The van der Waals surface area contributed by atoms with Gasteiger partial charge in [-0.05, 0) is 26.7 Å². The standard InChI is InChI=1S/C15H26N4O/c1-3-20-15-12(2)14(17-11-18-15)19(10-9-16)13-7-5-4-6-8-13/h11,13H,3-10,16H2,1-2H3. The Morgan fingerprint density at radius 1 is 1.30 bits per heavy atom. The largest absolute Gasteiger partial charge is 0.478 e. The van der Waals surface area contributed by atoms with Gasteiger partial charge in [0.25, 0.3) is 0 Å². The van der Waals surface area contributed by atoms with Crippen LogP contribution in [0.2, 0.25) is 0 Å². The molecule has 0 amide bonds. The highest BCUT2D eigenvalue weighted by molar-refractivity contribution is 5.51. The van der Waals surface area contributed by atoms with Crippen LogP contribution in [-0.2, 0) is 0 Å². The van der Waals surface area contributed by atoms with Gasteiger partial charge in [-0.2, -0.15) is 0 Å². The summed E-state index contributed by atoms with van der Waals surface area (Å²) in [5.74, 6) is 1.68. The van der Waals surface area contributed by atoms with E-state index in [1.165, 1.54) is 32.1 Å². The van der Waals surface area contributed by atoms with Crippen LogP contribution in [0.25, 0.3) is 0 Å². The third-order valence-electron chi connectivity index (χ3n) is 3.95. The summed E-state index contributed by atoms with van der Waals surface area (Å²) < 4.78 is 5.58. The Morgan fingerprint density at radius 3 is 2.70 bits per heavy atom. The molecule has 5 nitrogen and oxygen atoms in total. The number of ether oxygens (including phenoxy) is 1. The van der Waals surface area contributed by atoms with Gasteiger partial charge >= 0.3 is 0 Å². The van der Waals surface area contributed by atoms with E-state index in [1.807, 2.05) is 13.8 Å². The van der Waals surface area contributed by atoms with Crippen LogP contribution >= 0.6 is 0 Å². The average molecular weight is 278 g/mol. The highest BCUT2D eigenvalue weighted by atomic mass is 16.5. The summed E-state index contributed by atoms with van der Waals surface area (Å²) >= 11 is 0. The summed E-state index contributed by atoms with van der Waals surface area (Å²) in [6.07, 6.45) is 8.00. The minimum atomic E-state index is 0.551. The minimum absolute atomic E-state index is 0.551. The first-order valence-electron chi connectivity index (χ1n) is 7.69. The lowest BCUT2D eigenvalue weighted by atomic mass is 9.94. The van der Waals surface area contributed by atoms with E-state index in [-0.39, 0.29) is 0 Å². The number of nitrogens with zero attached hydrogens (tertiary/aromatic N) is 3. The fourth-order valence-electron chi connectivity index (χ4n) is 2.99. The molecule has 20 heavy (non-hydrogen) atoms. The zero-order valence-corrected chi connectivity index (χ0v) is 12.6. The fourth-order valence-corrected chi connectivity index (χ4v) is 2.99. The van der Waals surface area contributed by atoms with Gasteiger partial charge in [0.15, 0.2) is 0 Å². The molecule has 0 bridgehead atoms. The molecule has 0 radical (unpaired) electrons. The van der Waals surface area contributed by atoms with Crippen molar-refractivity contribution < 1.29 is 4.74 Å². The van der Waals surface area contributed by atoms with E-state index >= 15 is 0 Å². The van der Waals surface area contributed by atoms with E-state index in [2.05, 4.69) is 14.9 Å². The van der Waals surface area contributed by atoms with Gasteiger partial charge < -0.3 is 15.4 Å². The molecule has 1 aliphatic rings. The second kappa shape index (κ2) is 7.43. The van der Waals surface area contributed by atoms with E-state index in [0.29, 0.717) is 25.1 Å². The maximum Gasteiger partial charge on any atom is 0.221 e. The second-order valence-electron chi connectivity index (χ2n) is 5.33. The summed E-state index contributed by atoms with van der Waals surface area (Å²) in [7, 11) is 0. The Hall–Kier alpha value is -1.36. The molecular weight excluding hydrogens is 252 g/mol. The van der Waals surface area contributed by atoms with E-state index in [9.17, 15) is 0 Å². The maximum atomic E-state index is 5.80. The van der Waals surface area contributed by atoms with Gasteiger partial charge in [-0.15, -0.1) is 0 Å². The number of rotatable bonds is 6. The highest BCUT2D eigenvalue weighted by Gasteiger charge is 2.24. The van der Waals surface area contributed by atoms with Crippen LogP contribution in [-0.4, -0.2) is 35.7 Å². The molecule has 0 atom stereocenters. The third-order valence-corrected chi connectivity index (χ3v) is 3.95. The predicted octanol–water partition coefficient (Wildman–Crippen LogP) is 2.28. The smallest absolute Gasteiger partial charge is 0.221 e. The second-order valence-corrected chi connectivity index (χ2v) is 5.33. The van der Waals surface area contributed by atoms with E-state index < -0.39 is 0 Å². The van der Waals surface area contributed by atoms with Gasteiger partial charge in [0.1, 0.15) is 12.1 Å². The summed E-state index contributed by atoms with van der Waals surface area (Å²) in [4.78, 5) is 11.1. The van der Waals surface area contributed by atoms with Crippen molar-refractivity contribution in [2.24, 2.45) is 5.73 Å². The van der Waals surface area contributed by atoms with Crippen molar-refractivity contribution >= 4 is 5.82 Å². The molecule has 0 saturated heterocycles. The topological polar surface area (TPSA) is 64.3 Å². The first-order valence-corrected chi connectivity index (χ1v) is 7.69. The van der Waals surface area contributed by atoms with Gasteiger partial charge in [-0.1, -0.05) is 19.3 Å². The lowest BCUT2D eigenvalue weighted by Crippen LogP contribution is -2.41. The van der Waals surface area contributed by atoms with Crippen molar-refractivity contribution in [2.45, 2.75) is 52.0 Å². The number of hydrogen-bond donors (Lipinski definition) is 1. The first-order chi connectivity index (χ1) is 9.77. The Bertz CT molecular complexity index is 418. The van der Waals surface area contributed by atoms with Crippen LogP contribution in [0.15, 0.2) is 6.33 Å². The Kier molecular flexibility index (Phi) is 5.59. The lowest BCUT2D eigenvalue weighted by molar-refractivity contribution is 0.323. The molecule has 1 fully saturated rings. The predicted molar refractivity (Wildman–Crippen MR) is 81.2 cm³/mol. The van der Waals surface area contributed by atoms with Gasteiger partial charge in [0, 0.05) is 19.1 Å². The summed E-state index contributed by atoms with van der Waals surface area (Å²) in [5.41, 5.74) is 6.83. The summed E-state index contributed by atoms with van der Waals surface area (Å²) in [6, 6.07) is 0.551. The molecular formula is C15H26N4O. The molecule has 0 unspecified atom stereocenters. The molecule has 1 aliphatic carbocycles. The van der Waals surface area contributed by atoms with Gasteiger partial charge in [0.05, 0.1) is 12.2 Å². The monoisotopic (exact) mass is 278 g/mol. The Morgan fingerprint density at radius 2 is 2.05 bits per heavy atom. The van der Waals surface area contributed by atoms with Crippen molar-refractivity contribution in [1.82, 2.24) is 9.97 Å². The molecule has 1 saturated carbocycles. The van der Waals surface area contributed by atoms with Crippen LogP contribution in [0.1, 0.15) is 44.6 Å². The van der Waals surface area contributed by atoms with E-state index in [1.54, 1.807) is 6.33 Å². The van der Waals surface area contributed by atoms with E-state index in [4.69, 9.17) is 10.5 Å². The maximum absolute atomic E-state index is 5.80. The average Bonchev–Trinajstić information content (AvgIpc) is 2.49. The number of hydrogen-bond acceptors (Lipinski definition) is 5. The van der Waals surface area contributed by atoms with Gasteiger partial charge in [-0.3, -0.25) is 0 Å². The molecule has 1 aromatic heterocycles. The fraction of sp³-hybridized carbons (Fsp3) is 0.733. The van der Waals surface area contributed by atoms with Gasteiger partial charge in [-0.25, -0.2) is 9.97 Å². The van der Waals surface area contributed by atoms with Crippen LogP contribution < -0.4 is 15.4 Å². The normalized spacial score (nSPS) is 16.1. The van der Waals surface area contributed by atoms with Crippen LogP contribution in [0.4, 0.5) is 5.82 Å². The summed E-state index contributed by atoms with van der Waals surface area (Å²) in [6.45, 7) is 6.11. The molecule has 0 aliphatic heterocycles.